The average Bonchev–Trinajstić information content (AvgIpc) is 3.23. The molecule has 0 atom stereocenters. The van der Waals surface area contributed by atoms with Crippen LogP contribution in [-0.4, -0.2) is 71.0 Å². The van der Waals surface area contributed by atoms with Gasteiger partial charge >= 0.3 is 0 Å². The van der Waals surface area contributed by atoms with Crippen molar-refractivity contribution in [3.8, 4) is 5.75 Å². The molecule has 2 aromatic heterocycles. The smallest absolute Gasteiger partial charge is 0.274 e. The highest BCUT2D eigenvalue weighted by Crippen LogP contribution is 2.35. The van der Waals surface area contributed by atoms with Crippen LogP contribution in [0.15, 0.2) is 59.4 Å². The topological polar surface area (TPSA) is 76.8 Å². The number of carbonyl (C=O) groups excluding carboxylic acids is 2. The summed E-state index contributed by atoms with van der Waals surface area (Å²) in [5, 5.41) is 1.06. The molecule has 8 nitrogen and oxygen atoms in total. The third-order valence-corrected chi connectivity index (χ3v) is 7.06. The van der Waals surface area contributed by atoms with E-state index in [4.69, 9.17) is 4.74 Å². The molecule has 8 heteroatoms. The number of pyridine rings is 1. The molecular formula is C29H34N4O4. The van der Waals surface area contributed by atoms with Crippen molar-refractivity contribution in [2.75, 3.05) is 40.3 Å². The van der Waals surface area contributed by atoms with E-state index < -0.39 is 0 Å². The summed E-state index contributed by atoms with van der Waals surface area (Å²) in [6, 6.07) is 16.4. The normalized spacial score (nSPS) is 11.4. The Morgan fingerprint density at radius 2 is 1.59 bits per heavy atom. The zero-order chi connectivity index (χ0) is 26.7. The summed E-state index contributed by atoms with van der Waals surface area (Å²) in [4.78, 5) is 44.6. The van der Waals surface area contributed by atoms with Gasteiger partial charge in [0.15, 0.2) is 17.2 Å². The summed E-state index contributed by atoms with van der Waals surface area (Å²) < 4.78 is 8.94. The Labute approximate surface area is 216 Å². The number of rotatable bonds is 10. The maximum atomic E-state index is 13.9. The Kier molecular flexibility index (Phi) is 7.78. The summed E-state index contributed by atoms with van der Waals surface area (Å²) in [6.07, 6.45) is 0. The minimum atomic E-state index is -0.365. The van der Waals surface area contributed by atoms with Crippen molar-refractivity contribution in [1.82, 2.24) is 18.9 Å². The first-order valence-electron chi connectivity index (χ1n) is 12.6. The lowest BCUT2D eigenvalue weighted by Gasteiger charge is -2.23. The molecule has 0 bridgehead atoms. The summed E-state index contributed by atoms with van der Waals surface area (Å²) in [6.45, 7) is 7.17. The molecule has 0 unspecified atom stereocenters. The molecular weight excluding hydrogens is 468 g/mol. The van der Waals surface area contributed by atoms with Gasteiger partial charge < -0.3 is 19.1 Å². The fraction of sp³-hybridized carbons (Fsp3) is 0.345. The van der Waals surface area contributed by atoms with Gasteiger partial charge in [0.05, 0.1) is 24.7 Å². The molecule has 0 fully saturated rings. The van der Waals surface area contributed by atoms with Crippen LogP contribution in [-0.2, 0) is 13.6 Å². The van der Waals surface area contributed by atoms with Crippen molar-refractivity contribution in [2.24, 2.45) is 7.05 Å². The molecule has 37 heavy (non-hydrogen) atoms. The lowest BCUT2D eigenvalue weighted by atomic mass is 10.1. The van der Waals surface area contributed by atoms with Crippen LogP contribution in [0.25, 0.3) is 21.8 Å². The quantitative estimate of drug-likeness (QED) is 0.308. The van der Waals surface area contributed by atoms with E-state index in [0.29, 0.717) is 34.2 Å². The van der Waals surface area contributed by atoms with Gasteiger partial charge in [0.2, 0.25) is 0 Å². The van der Waals surface area contributed by atoms with Crippen LogP contribution in [0, 0.1) is 0 Å². The Hall–Kier alpha value is -3.91. The summed E-state index contributed by atoms with van der Waals surface area (Å²) in [5.74, 6) is -0.165. The lowest BCUT2D eigenvalue weighted by molar-refractivity contribution is 0.0767. The molecule has 0 saturated heterocycles. The van der Waals surface area contributed by atoms with Gasteiger partial charge in [-0.1, -0.05) is 62.4 Å². The molecule has 0 aliphatic carbocycles. The molecule has 0 spiro atoms. The monoisotopic (exact) mass is 502 g/mol. The SMILES string of the molecule is CCN(CC)CCN(C)C(=O)c1c(OC)c2c(=O)n(CC(=O)c3ccccc3)c3ccccc3c2n1C. The van der Waals surface area contributed by atoms with E-state index >= 15 is 0 Å². The van der Waals surface area contributed by atoms with Gasteiger partial charge in [-0.15, -0.1) is 0 Å². The van der Waals surface area contributed by atoms with E-state index in [1.807, 2.05) is 30.3 Å². The van der Waals surface area contributed by atoms with E-state index in [2.05, 4.69) is 18.7 Å². The van der Waals surface area contributed by atoms with E-state index in [0.717, 1.165) is 25.0 Å². The number of ether oxygens (including phenoxy) is 1. The molecule has 4 aromatic rings. The number of methoxy groups -OCH3 is 1. The second-order valence-electron chi connectivity index (χ2n) is 9.12. The van der Waals surface area contributed by atoms with Crippen molar-refractivity contribution in [3.63, 3.8) is 0 Å². The highest BCUT2D eigenvalue weighted by molar-refractivity contribution is 6.12. The van der Waals surface area contributed by atoms with Crippen LogP contribution in [0.5, 0.6) is 5.75 Å². The van der Waals surface area contributed by atoms with Crippen molar-refractivity contribution in [1.29, 1.82) is 0 Å². The maximum absolute atomic E-state index is 13.9. The molecule has 1 amide bonds. The predicted molar refractivity (Wildman–Crippen MR) is 147 cm³/mol. The number of benzene rings is 2. The number of aromatic nitrogens is 2. The number of aryl methyl sites for hydroxylation is 1. The van der Waals surface area contributed by atoms with E-state index in [1.54, 1.807) is 47.8 Å². The summed E-state index contributed by atoms with van der Waals surface area (Å²) in [5.41, 5.74) is 1.72. The molecule has 0 aliphatic rings. The molecule has 0 radical (unpaired) electrons. The Bertz CT molecular complexity index is 1500. The van der Waals surface area contributed by atoms with Gasteiger partial charge in [0.25, 0.3) is 11.5 Å². The second kappa shape index (κ2) is 11.0. The fourth-order valence-corrected chi connectivity index (χ4v) is 4.89. The number of ketones is 1. The minimum absolute atomic E-state index is 0.121. The number of likely N-dealkylation sites (N-methyl/N-ethyl adjacent to an activating group) is 2. The predicted octanol–water partition coefficient (Wildman–Crippen LogP) is 3.80. The number of nitrogens with zero attached hydrogens (tertiary/aromatic N) is 4. The molecule has 0 N–H and O–H groups in total. The Morgan fingerprint density at radius 3 is 2.24 bits per heavy atom. The molecule has 0 aliphatic heterocycles. The summed E-state index contributed by atoms with van der Waals surface area (Å²) >= 11 is 0. The van der Waals surface area contributed by atoms with Crippen molar-refractivity contribution in [2.45, 2.75) is 20.4 Å². The highest BCUT2D eigenvalue weighted by Gasteiger charge is 2.29. The van der Waals surface area contributed by atoms with Crippen molar-refractivity contribution < 1.29 is 14.3 Å². The van der Waals surface area contributed by atoms with Crippen LogP contribution in [0.2, 0.25) is 0 Å². The average molecular weight is 503 g/mol. The van der Waals surface area contributed by atoms with E-state index in [9.17, 15) is 14.4 Å². The van der Waals surface area contributed by atoms with E-state index in [-0.39, 0.29) is 29.5 Å². The van der Waals surface area contributed by atoms with Crippen LogP contribution in [0.4, 0.5) is 0 Å². The maximum Gasteiger partial charge on any atom is 0.274 e. The van der Waals surface area contributed by atoms with Gasteiger partial charge in [0, 0.05) is 38.1 Å². The third-order valence-electron chi connectivity index (χ3n) is 7.06. The standard InChI is InChI=1S/C29H34N4O4/c1-6-32(7-2)18-17-30(3)29(36)26-27(37-5)24-25(31(26)4)21-15-11-12-16-22(21)33(28(24)35)19-23(34)20-13-9-8-10-14-20/h8-16H,6-7,17-19H2,1-5H3. The van der Waals surface area contributed by atoms with Crippen LogP contribution in [0.3, 0.4) is 0 Å². The van der Waals surface area contributed by atoms with Crippen LogP contribution < -0.4 is 10.3 Å². The molecule has 194 valence electrons. The number of hydrogen-bond donors (Lipinski definition) is 0. The second-order valence-corrected chi connectivity index (χ2v) is 9.12. The van der Waals surface area contributed by atoms with Crippen molar-refractivity contribution in [3.05, 3.63) is 76.2 Å². The first-order valence-corrected chi connectivity index (χ1v) is 12.6. The molecule has 4 rings (SSSR count). The van der Waals surface area contributed by atoms with E-state index in [1.165, 1.54) is 11.7 Å². The van der Waals surface area contributed by atoms with Crippen LogP contribution >= 0.6 is 0 Å². The summed E-state index contributed by atoms with van der Waals surface area (Å²) in [7, 11) is 5.01. The number of carbonyl (C=O) groups is 2. The Morgan fingerprint density at radius 1 is 0.946 bits per heavy atom. The van der Waals surface area contributed by atoms with Gasteiger partial charge in [0.1, 0.15) is 5.39 Å². The van der Waals surface area contributed by atoms with Gasteiger partial charge in [-0.2, -0.15) is 0 Å². The minimum Gasteiger partial charge on any atom is -0.493 e. The van der Waals surface area contributed by atoms with Gasteiger partial charge in [-0.25, -0.2) is 0 Å². The van der Waals surface area contributed by atoms with Crippen LogP contribution in [0.1, 0.15) is 34.7 Å². The number of fused-ring (bicyclic) bond motifs is 3. The number of hydrogen-bond acceptors (Lipinski definition) is 5. The lowest BCUT2D eigenvalue weighted by Crippen LogP contribution is -2.37. The number of Topliss-reactive ketones (excluding diaryl/α,β-unsaturated/α-hetero) is 1. The molecule has 0 saturated carbocycles. The third kappa shape index (κ3) is 4.76. The zero-order valence-electron chi connectivity index (χ0n) is 22.2. The molecule has 2 aromatic carbocycles. The Balaban J connectivity index is 1.87. The molecule has 2 heterocycles. The first kappa shape index (κ1) is 26.2. The zero-order valence-corrected chi connectivity index (χ0v) is 22.2. The fourth-order valence-electron chi connectivity index (χ4n) is 4.89. The highest BCUT2D eigenvalue weighted by atomic mass is 16.5. The van der Waals surface area contributed by atoms with Crippen molar-refractivity contribution >= 4 is 33.5 Å². The van der Waals surface area contributed by atoms with Gasteiger partial charge in [-0.05, 0) is 19.2 Å². The number of para-hydroxylation sites is 1. The number of amides is 1. The largest absolute Gasteiger partial charge is 0.493 e. The first-order chi connectivity index (χ1) is 17.8. The van der Waals surface area contributed by atoms with Gasteiger partial charge in [-0.3, -0.25) is 19.0 Å².